The Balaban J connectivity index is 1.21. The van der Waals surface area contributed by atoms with Crippen molar-refractivity contribution >= 4 is 40.4 Å². The van der Waals surface area contributed by atoms with Gasteiger partial charge in [0.05, 0.1) is 18.5 Å². The van der Waals surface area contributed by atoms with Gasteiger partial charge in [-0.2, -0.15) is 0 Å². The van der Waals surface area contributed by atoms with Crippen LogP contribution in [-0.2, 0) is 33.8 Å². The highest BCUT2D eigenvalue weighted by molar-refractivity contribution is 7.12. The van der Waals surface area contributed by atoms with E-state index in [0.717, 1.165) is 41.1 Å². The number of hydrogen-bond donors (Lipinski definition) is 3. The fraction of sp³-hybridized carbons (Fsp3) is 0.292. The second kappa shape index (κ2) is 8.84. The summed E-state index contributed by atoms with van der Waals surface area (Å²) in [5.74, 6) is -0.884. The van der Waals surface area contributed by atoms with E-state index in [1.807, 2.05) is 17.0 Å². The number of benzene rings is 1. The van der Waals surface area contributed by atoms with Crippen molar-refractivity contribution in [3.05, 3.63) is 69.3 Å². The topological polar surface area (TPSA) is 112 Å². The second-order valence-electron chi connectivity index (χ2n) is 8.15. The predicted molar refractivity (Wildman–Crippen MR) is 123 cm³/mol. The Labute approximate surface area is 194 Å². The molecule has 1 unspecified atom stereocenters. The normalized spacial score (nSPS) is 15.7. The van der Waals surface area contributed by atoms with Crippen molar-refractivity contribution in [2.75, 3.05) is 16.8 Å². The molecule has 3 amide bonds. The van der Waals surface area contributed by atoms with Gasteiger partial charge in [-0.1, -0.05) is 0 Å². The summed E-state index contributed by atoms with van der Waals surface area (Å²) in [6.45, 7) is 0.907. The molecule has 2 aliphatic heterocycles. The van der Waals surface area contributed by atoms with Gasteiger partial charge in [-0.3, -0.25) is 14.4 Å². The number of carbonyl (C=O) groups excluding carboxylic acids is 3. The van der Waals surface area contributed by atoms with Crippen molar-refractivity contribution < 1.29 is 23.9 Å². The van der Waals surface area contributed by atoms with Crippen molar-refractivity contribution in [2.24, 2.45) is 0 Å². The third kappa shape index (κ3) is 4.29. The lowest BCUT2D eigenvalue weighted by atomic mass is 9.91. The zero-order valence-corrected chi connectivity index (χ0v) is 18.6. The first kappa shape index (κ1) is 21.4. The maximum Gasteiger partial charge on any atom is 0.313 e. The monoisotopic (exact) mass is 465 g/mol. The minimum atomic E-state index is -0.867. The number of nitrogens with zero attached hydrogens (tertiary/aromatic N) is 1. The Morgan fingerprint density at radius 1 is 1.12 bits per heavy atom. The molecule has 0 aliphatic carbocycles. The third-order valence-corrected chi connectivity index (χ3v) is 7.06. The van der Waals surface area contributed by atoms with Gasteiger partial charge in [-0.25, -0.2) is 0 Å². The fourth-order valence-electron chi connectivity index (χ4n) is 4.38. The van der Waals surface area contributed by atoms with E-state index in [1.165, 1.54) is 17.6 Å². The Bertz CT molecular complexity index is 1200. The molecule has 3 N–H and O–H groups in total. The Morgan fingerprint density at radius 3 is 2.73 bits per heavy atom. The zero-order valence-electron chi connectivity index (χ0n) is 17.8. The molecule has 9 heteroatoms. The number of anilines is 2. The van der Waals surface area contributed by atoms with Gasteiger partial charge in [0.15, 0.2) is 0 Å². The van der Waals surface area contributed by atoms with Gasteiger partial charge >= 0.3 is 11.8 Å². The SMILES string of the molecule is O=C(NCc1ccc(C(O)c2ccco2)s1)C(=O)Nc1cc2c3c(c1)CCC(=O)N3CCC2. The van der Waals surface area contributed by atoms with Crippen LogP contribution in [0, 0.1) is 0 Å². The second-order valence-corrected chi connectivity index (χ2v) is 9.35. The number of aliphatic hydroxyl groups is 1. The molecule has 0 radical (unpaired) electrons. The molecule has 4 heterocycles. The molecular formula is C24H23N3O5S. The molecule has 1 aromatic carbocycles. The van der Waals surface area contributed by atoms with Crippen LogP contribution >= 0.6 is 11.3 Å². The number of carbonyl (C=O) groups is 3. The lowest BCUT2D eigenvalue weighted by molar-refractivity contribution is -0.136. The van der Waals surface area contributed by atoms with E-state index in [2.05, 4.69) is 10.6 Å². The van der Waals surface area contributed by atoms with Gasteiger partial charge in [-0.05, 0) is 66.8 Å². The zero-order chi connectivity index (χ0) is 22.9. The highest BCUT2D eigenvalue weighted by Crippen LogP contribution is 2.37. The van der Waals surface area contributed by atoms with E-state index in [9.17, 15) is 19.5 Å². The Hall–Kier alpha value is -3.43. The van der Waals surface area contributed by atoms with Crippen LogP contribution < -0.4 is 15.5 Å². The third-order valence-electron chi connectivity index (χ3n) is 5.93. The molecule has 170 valence electrons. The molecule has 0 bridgehead atoms. The van der Waals surface area contributed by atoms with Crippen LogP contribution in [0.15, 0.2) is 47.1 Å². The summed E-state index contributed by atoms with van der Waals surface area (Å²) >= 11 is 1.34. The first-order valence-corrected chi connectivity index (χ1v) is 11.7. The van der Waals surface area contributed by atoms with Crippen LogP contribution in [-0.4, -0.2) is 29.4 Å². The number of furan rings is 1. The van der Waals surface area contributed by atoms with Gasteiger partial charge < -0.3 is 25.1 Å². The first-order valence-electron chi connectivity index (χ1n) is 10.8. The summed E-state index contributed by atoms with van der Waals surface area (Å²) in [5, 5.41) is 15.6. The Kier molecular flexibility index (Phi) is 5.74. The van der Waals surface area contributed by atoms with Crippen LogP contribution in [0.3, 0.4) is 0 Å². The lowest BCUT2D eigenvalue weighted by Gasteiger charge is -2.35. The van der Waals surface area contributed by atoms with Gasteiger partial charge in [-0.15, -0.1) is 11.3 Å². The van der Waals surface area contributed by atoms with E-state index in [-0.39, 0.29) is 12.5 Å². The largest absolute Gasteiger partial charge is 0.466 e. The van der Waals surface area contributed by atoms with Crippen molar-refractivity contribution in [3.63, 3.8) is 0 Å². The summed E-state index contributed by atoms with van der Waals surface area (Å²) in [6.07, 6.45) is 3.45. The van der Waals surface area contributed by atoms with Crippen LogP contribution in [0.5, 0.6) is 0 Å². The first-order chi connectivity index (χ1) is 16.0. The number of hydrogen-bond acceptors (Lipinski definition) is 6. The molecule has 5 rings (SSSR count). The van der Waals surface area contributed by atoms with Crippen molar-refractivity contribution in [2.45, 2.75) is 38.3 Å². The molecule has 2 aliphatic rings. The molecule has 3 aromatic rings. The number of amides is 3. The van der Waals surface area contributed by atoms with Crippen molar-refractivity contribution in [1.29, 1.82) is 0 Å². The summed E-state index contributed by atoms with van der Waals surface area (Å²) in [6, 6.07) is 10.7. The summed E-state index contributed by atoms with van der Waals surface area (Å²) < 4.78 is 5.23. The molecule has 0 saturated heterocycles. The molecule has 0 fully saturated rings. The van der Waals surface area contributed by atoms with Crippen LogP contribution in [0.4, 0.5) is 11.4 Å². The molecule has 0 spiro atoms. The standard InChI is InChI=1S/C24H23N3O5S/c28-20-8-5-15-12-16(11-14-3-1-9-27(20)21(14)15)26-24(31)23(30)25-13-17-6-7-19(33-17)22(29)18-4-2-10-32-18/h2,4,6-7,10-12,22,29H,1,3,5,8-9,13H2,(H,25,30)(H,26,31). The van der Waals surface area contributed by atoms with E-state index >= 15 is 0 Å². The molecule has 2 aromatic heterocycles. The summed E-state index contributed by atoms with van der Waals surface area (Å²) in [5.41, 5.74) is 3.61. The highest BCUT2D eigenvalue weighted by atomic mass is 32.1. The number of aryl methyl sites for hydroxylation is 2. The molecule has 0 saturated carbocycles. The van der Waals surface area contributed by atoms with Gasteiger partial charge in [0, 0.05) is 28.4 Å². The van der Waals surface area contributed by atoms with Crippen LogP contribution in [0.2, 0.25) is 0 Å². The van der Waals surface area contributed by atoms with Gasteiger partial charge in [0.1, 0.15) is 11.9 Å². The minimum Gasteiger partial charge on any atom is -0.466 e. The number of rotatable bonds is 5. The minimum absolute atomic E-state index is 0.146. The maximum absolute atomic E-state index is 12.5. The van der Waals surface area contributed by atoms with Crippen LogP contribution in [0.1, 0.15) is 45.6 Å². The summed E-state index contributed by atoms with van der Waals surface area (Å²) in [4.78, 5) is 40.4. The predicted octanol–water partition coefficient (Wildman–Crippen LogP) is 2.90. The molecule has 8 nitrogen and oxygen atoms in total. The number of aliphatic hydroxyl groups excluding tert-OH is 1. The van der Waals surface area contributed by atoms with Crippen molar-refractivity contribution in [3.8, 4) is 0 Å². The van der Waals surface area contributed by atoms with Gasteiger partial charge in [0.2, 0.25) is 5.91 Å². The maximum atomic E-state index is 12.5. The lowest BCUT2D eigenvalue weighted by Crippen LogP contribution is -2.39. The molecule has 33 heavy (non-hydrogen) atoms. The summed E-state index contributed by atoms with van der Waals surface area (Å²) in [7, 11) is 0. The Morgan fingerprint density at radius 2 is 1.94 bits per heavy atom. The fourth-order valence-corrected chi connectivity index (χ4v) is 5.33. The average Bonchev–Trinajstić information content (AvgIpc) is 3.52. The van der Waals surface area contributed by atoms with E-state index in [4.69, 9.17) is 4.42 Å². The molecule has 1 atom stereocenters. The smallest absolute Gasteiger partial charge is 0.313 e. The van der Waals surface area contributed by atoms with Crippen LogP contribution in [0.25, 0.3) is 0 Å². The number of thiophene rings is 1. The van der Waals surface area contributed by atoms with Gasteiger partial charge in [0.25, 0.3) is 0 Å². The highest BCUT2D eigenvalue weighted by Gasteiger charge is 2.30. The van der Waals surface area contributed by atoms with E-state index in [1.54, 1.807) is 24.3 Å². The average molecular weight is 466 g/mol. The van der Waals surface area contributed by atoms with E-state index in [0.29, 0.717) is 29.2 Å². The molecular weight excluding hydrogens is 442 g/mol. The van der Waals surface area contributed by atoms with E-state index < -0.39 is 17.9 Å². The number of nitrogens with one attached hydrogen (secondary N) is 2. The van der Waals surface area contributed by atoms with Crippen molar-refractivity contribution in [1.82, 2.24) is 5.32 Å². The quantitative estimate of drug-likeness (QED) is 0.502.